The normalized spacial score (nSPS) is 11.4. The van der Waals surface area contributed by atoms with Gasteiger partial charge in [-0.25, -0.2) is 8.42 Å². The van der Waals surface area contributed by atoms with E-state index in [1.165, 1.54) is 30.6 Å². The molecule has 0 aliphatic rings. The second kappa shape index (κ2) is 10.8. The van der Waals surface area contributed by atoms with Crippen LogP contribution in [0.1, 0.15) is 28.4 Å². The van der Waals surface area contributed by atoms with Crippen molar-refractivity contribution in [1.29, 1.82) is 0 Å². The van der Waals surface area contributed by atoms with Gasteiger partial charge in [0.05, 0.1) is 7.11 Å². The molecule has 0 radical (unpaired) electrons. The minimum Gasteiger partial charge on any atom is -0.495 e. The van der Waals surface area contributed by atoms with Gasteiger partial charge in [-0.2, -0.15) is 4.31 Å². The number of ether oxygens (including phenoxy) is 1. The van der Waals surface area contributed by atoms with Crippen LogP contribution in [0.2, 0.25) is 5.02 Å². The molecule has 1 amide bonds. The van der Waals surface area contributed by atoms with Gasteiger partial charge in [0.15, 0.2) is 0 Å². The highest BCUT2D eigenvalue weighted by atomic mass is 35.5. The van der Waals surface area contributed by atoms with Crippen LogP contribution in [0, 0.1) is 0 Å². The Morgan fingerprint density at radius 3 is 2.27 bits per heavy atom. The summed E-state index contributed by atoms with van der Waals surface area (Å²) in [4.78, 5) is 14.8. The first-order valence-corrected chi connectivity index (χ1v) is 12.3. The van der Waals surface area contributed by atoms with E-state index in [4.69, 9.17) is 16.3 Å². The summed E-state index contributed by atoms with van der Waals surface area (Å²) in [6.45, 7) is 2.81. The van der Waals surface area contributed by atoms with Crippen molar-refractivity contribution in [2.24, 2.45) is 0 Å². The quantitative estimate of drug-likeness (QED) is 0.434. The molecule has 0 heterocycles. The summed E-state index contributed by atoms with van der Waals surface area (Å²) in [6.07, 6.45) is 0. The molecule has 174 valence electrons. The summed E-state index contributed by atoms with van der Waals surface area (Å²) in [5.41, 5.74) is 1.93. The predicted octanol–water partition coefficient (Wildman–Crippen LogP) is 4.83. The van der Waals surface area contributed by atoms with Gasteiger partial charge >= 0.3 is 0 Å². The average molecular weight is 487 g/mol. The number of halogens is 1. The van der Waals surface area contributed by atoms with Gasteiger partial charge in [-0.1, -0.05) is 60.1 Å². The molecular formula is C25H27ClN2O4S. The number of nitrogens with zero attached hydrogens (tertiary/aromatic N) is 2. The predicted molar refractivity (Wildman–Crippen MR) is 130 cm³/mol. The Bertz CT molecular complexity index is 1220. The van der Waals surface area contributed by atoms with Gasteiger partial charge in [-0.3, -0.25) is 4.79 Å². The second-order valence-electron chi connectivity index (χ2n) is 7.52. The van der Waals surface area contributed by atoms with Gasteiger partial charge in [0.1, 0.15) is 10.6 Å². The van der Waals surface area contributed by atoms with Gasteiger partial charge in [0, 0.05) is 37.3 Å². The standard InChI is InChI=1S/C25H27ClN2O4S/c1-4-28(18-21-12-8-9-13-22(21)26)25(29)20-14-15-23(32-3)24(16-20)33(30,31)27(2)17-19-10-6-5-7-11-19/h5-16H,4,17-18H2,1-3H3. The molecule has 0 atom stereocenters. The van der Waals surface area contributed by atoms with Crippen LogP contribution >= 0.6 is 11.6 Å². The summed E-state index contributed by atoms with van der Waals surface area (Å²) in [7, 11) is -1.01. The summed E-state index contributed by atoms with van der Waals surface area (Å²) < 4.78 is 33.3. The van der Waals surface area contributed by atoms with Crippen molar-refractivity contribution in [2.45, 2.75) is 24.9 Å². The van der Waals surface area contributed by atoms with Crippen LogP contribution < -0.4 is 4.74 Å². The SMILES string of the molecule is CCN(Cc1ccccc1Cl)C(=O)c1ccc(OC)c(S(=O)(=O)N(C)Cc2ccccc2)c1. The van der Waals surface area contributed by atoms with E-state index in [2.05, 4.69) is 0 Å². The van der Waals surface area contributed by atoms with Crippen molar-refractivity contribution in [1.82, 2.24) is 9.21 Å². The maximum atomic E-state index is 13.4. The maximum absolute atomic E-state index is 13.4. The minimum absolute atomic E-state index is 0.0527. The van der Waals surface area contributed by atoms with E-state index in [1.54, 1.807) is 17.0 Å². The van der Waals surface area contributed by atoms with Crippen molar-refractivity contribution in [3.63, 3.8) is 0 Å². The highest BCUT2D eigenvalue weighted by Gasteiger charge is 2.27. The molecule has 3 rings (SSSR count). The topological polar surface area (TPSA) is 66.9 Å². The molecule has 3 aromatic carbocycles. The fourth-order valence-electron chi connectivity index (χ4n) is 3.45. The van der Waals surface area contributed by atoms with Crippen LogP contribution in [-0.4, -0.2) is 44.2 Å². The van der Waals surface area contributed by atoms with Crippen molar-refractivity contribution >= 4 is 27.5 Å². The number of amides is 1. The monoisotopic (exact) mass is 486 g/mol. The van der Waals surface area contributed by atoms with E-state index in [1.807, 2.05) is 55.5 Å². The van der Waals surface area contributed by atoms with E-state index in [0.29, 0.717) is 18.1 Å². The third kappa shape index (κ3) is 5.74. The molecular weight excluding hydrogens is 460 g/mol. The molecule has 3 aromatic rings. The van der Waals surface area contributed by atoms with E-state index >= 15 is 0 Å². The zero-order valence-corrected chi connectivity index (χ0v) is 20.4. The summed E-state index contributed by atoms with van der Waals surface area (Å²) in [5, 5.41) is 0.573. The second-order valence-corrected chi connectivity index (χ2v) is 9.94. The Balaban J connectivity index is 1.92. The Labute approximate surface area is 200 Å². The van der Waals surface area contributed by atoms with Crippen molar-refractivity contribution in [3.05, 3.63) is 94.5 Å². The van der Waals surface area contributed by atoms with Crippen molar-refractivity contribution in [2.75, 3.05) is 20.7 Å². The number of carbonyl (C=O) groups is 1. The Morgan fingerprint density at radius 2 is 1.64 bits per heavy atom. The first kappa shape index (κ1) is 24.8. The zero-order valence-electron chi connectivity index (χ0n) is 18.9. The summed E-state index contributed by atoms with van der Waals surface area (Å²) in [5.74, 6) is -0.108. The third-order valence-corrected chi connectivity index (χ3v) is 7.53. The fourth-order valence-corrected chi connectivity index (χ4v) is 4.98. The zero-order chi connectivity index (χ0) is 24.0. The van der Waals surface area contributed by atoms with Gasteiger partial charge in [-0.15, -0.1) is 0 Å². The molecule has 0 saturated carbocycles. The maximum Gasteiger partial charge on any atom is 0.254 e. The third-order valence-electron chi connectivity index (χ3n) is 5.33. The molecule has 8 heteroatoms. The average Bonchev–Trinajstić information content (AvgIpc) is 2.83. The molecule has 0 aliphatic heterocycles. The van der Waals surface area contributed by atoms with Gasteiger partial charge in [0.2, 0.25) is 10.0 Å². The smallest absolute Gasteiger partial charge is 0.254 e. The van der Waals surface area contributed by atoms with E-state index < -0.39 is 10.0 Å². The Morgan fingerprint density at radius 1 is 0.970 bits per heavy atom. The largest absolute Gasteiger partial charge is 0.495 e. The van der Waals surface area contributed by atoms with Crippen molar-refractivity contribution < 1.29 is 17.9 Å². The molecule has 0 bridgehead atoms. The highest BCUT2D eigenvalue weighted by molar-refractivity contribution is 7.89. The Kier molecular flexibility index (Phi) is 8.13. The minimum atomic E-state index is -3.92. The van der Waals surface area contributed by atoms with E-state index in [9.17, 15) is 13.2 Å². The van der Waals surface area contributed by atoms with Crippen molar-refractivity contribution in [3.8, 4) is 5.75 Å². The molecule has 33 heavy (non-hydrogen) atoms. The van der Waals surface area contributed by atoms with Gasteiger partial charge in [-0.05, 0) is 42.3 Å². The fraction of sp³-hybridized carbons (Fsp3) is 0.240. The molecule has 0 saturated heterocycles. The lowest BCUT2D eigenvalue weighted by atomic mass is 10.1. The highest BCUT2D eigenvalue weighted by Crippen LogP contribution is 2.29. The molecule has 0 fully saturated rings. The lowest BCUT2D eigenvalue weighted by Crippen LogP contribution is -2.31. The number of rotatable bonds is 9. The number of hydrogen-bond acceptors (Lipinski definition) is 4. The Hall–Kier alpha value is -2.87. The number of sulfonamides is 1. The molecule has 0 aliphatic carbocycles. The number of hydrogen-bond donors (Lipinski definition) is 0. The summed E-state index contributed by atoms with van der Waals surface area (Å²) >= 11 is 6.26. The molecule has 0 spiro atoms. The van der Waals surface area contributed by atoms with Gasteiger partial charge in [0.25, 0.3) is 5.91 Å². The first-order chi connectivity index (χ1) is 15.8. The molecule has 0 N–H and O–H groups in total. The van der Waals surface area contributed by atoms with Crippen LogP contribution in [0.15, 0.2) is 77.7 Å². The van der Waals surface area contributed by atoms with Crippen LogP contribution in [0.3, 0.4) is 0 Å². The van der Waals surface area contributed by atoms with E-state index in [-0.39, 0.29) is 28.7 Å². The van der Waals surface area contributed by atoms with E-state index in [0.717, 1.165) is 11.1 Å². The lowest BCUT2D eigenvalue weighted by molar-refractivity contribution is 0.0752. The number of methoxy groups -OCH3 is 1. The molecule has 0 unspecified atom stereocenters. The number of carbonyl (C=O) groups excluding carboxylic acids is 1. The van der Waals surface area contributed by atoms with Crippen LogP contribution in [0.25, 0.3) is 0 Å². The van der Waals surface area contributed by atoms with Crippen LogP contribution in [-0.2, 0) is 23.1 Å². The molecule has 0 aromatic heterocycles. The molecule has 6 nitrogen and oxygen atoms in total. The number of benzene rings is 3. The summed E-state index contributed by atoms with van der Waals surface area (Å²) in [6, 6.07) is 21.1. The first-order valence-electron chi connectivity index (χ1n) is 10.5. The van der Waals surface area contributed by atoms with Crippen LogP contribution in [0.5, 0.6) is 5.75 Å². The lowest BCUT2D eigenvalue weighted by Gasteiger charge is -2.23. The van der Waals surface area contributed by atoms with Crippen LogP contribution in [0.4, 0.5) is 0 Å². The van der Waals surface area contributed by atoms with Gasteiger partial charge < -0.3 is 9.64 Å².